The number of carboxylic acids is 1. The summed E-state index contributed by atoms with van der Waals surface area (Å²) >= 11 is 0. The van der Waals surface area contributed by atoms with Gasteiger partial charge in [0.2, 0.25) is 10.0 Å². The highest BCUT2D eigenvalue weighted by molar-refractivity contribution is 7.89. The van der Waals surface area contributed by atoms with Gasteiger partial charge in [0.25, 0.3) is 0 Å². The molecular weight excluding hydrogens is 330 g/mol. The van der Waals surface area contributed by atoms with E-state index in [0.717, 1.165) is 18.4 Å². The predicted molar refractivity (Wildman–Crippen MR) is 91.4 cm³/mol. The third kappa shape index (κ3) is 6.22. The SMILES string of the molecule is CC(COC1CCCC1)CS(=O)(=O)NCc1ccc(C(=O)O)cc1. The van der Waals surface area contributed by atoms with E-state index in [2.05, 4.69) is 4.72 Å². The highest BCUT2D eigenvalue weighted by Crippen LogP contribution is 2.21. The van der Waals surface area contributed by atoms with Gasteiger partial charge in [0, 0.05) is 6.54 Å². The van der Waals surface area contributed by atoms with Crippen molar-refractivity contribution in [3.8, 4) is 0 Å². The topological polar surface area (TPSA) is 92.7 Å². The summed E-state index contributed by atoms with van der Waals surface area (Å²) in [7, 11) is -3.40. The van der Waals surface area contributed by atoms with Crippen LogP contribution in [0.4, 0.5) is 0 Å². The van der Waals surface area contributed by atoms with Crippen LogP contribution in [0.15, 0.2) is 24.3 Å². The second-order valence-electron chi connectivity index (χ2n) is 6.45. The maximum absolute atomic E-state index is 12.1. The number of carbonyl (C=O) groups is 1. The standard InChI is InChI=1S/C17H25NO5S/c1-13(11-23-16-4-2-3-5-16)12-24(21,22)18-10-14-6-8-15(9-7-14)17(19)20/h6-9,13,16,18H,2-5,10-12H2,1H3,(H,19,20). The molecule has 1 aliphatic carbocycles. The van der Waals surface area contributed by atoms with Gasteiger partial charge in [-0.2, -0.15) is 0 Å². The summed E-state index contributed by atoms with van der Waals surface area (Å²) in [6.45, 7) is 2.48. The Labute approximate surface area is 143 Å². The van der Waals surface area contributed by atoms with Gasteiger partial charge in [-0.3, -0.25) is 0 Å². The van der Waals surface area contributed by atoms with Crippen LogP contribution in [0, 0.1) is 5.92 Å². The summed E-state index contributed by atoms with van der Waals surface area (Å²) in [4.78, 5) is 10.8. The molecule has 0 aliphatic heterocycles. The Morgan fingerprint density at radius 2 is 1.92 bits per heavy atom. The van der Waals surface area contributed by atoms with E-state index in [4.69, 9.17) is 9.84 Å². The lowest BCUT2D eigenvalue weighted by molar-refractivity contribution is 0.0412. The molecule has 1 atom stereocenters. The number of ether oxygens (including phenoxy) is 1. The first-order chi connectivity index (χ1) is 11.4. The largest absolute Gasteiger partial charge is 0.478 e. The molecule has 6 nitrogen and oxygen atoms in total. The number of rotatable bonds is 9. The van der Waals surface area contributed by atoms with Gasteiger partial charge in [0.15, 0.2) is 0 Å². The number of nitrogens with one attached hydrogen (secondary N) is 1. The first-order valence-corrected chi connectivity index (χ1v) is 9.92. The molecule has 7 heteroatoms. The van der Waals surface area contributed by atoms with Crippen LogP contribution < -0.4 is 4.72 Å². The van der Waals surface area contributed by atoms with Gasteiger partial charge in [-0.15, -0.1) is 0 Å². The minimum absolute atomic E-state index is 0.0208. The second-order valence-corrected chi connectivity index (χ2v) is 8.30. The molecule has 0 saturated heterocycles. The molecule has 0 radical (unpaired) electrons. The van der Waals surface area contributed by atoms with Crippen LogP contribution in [0.3, 0.4) is 0 Å². The van der Waals surface area contributed by atoms with Crippen molar-refractivity contribution in [2.45, 2.75) is 45.3 Å². The summed E-state index contributed by atoms with van der Waals surface area (Å²) in [5.41, 5.74) is 0.901. The van der Waals surface area contributed by atoms with Crippen molar-refractivity contribution in [2.24, 2.45) is 5.92 Å². The van der Waals surface area contributed by atoms with E-state index in [-0.39, 0.29) is 29.9 Å². The maximum atomic E-state index is 12.1. The molecule has 0 spiro atoms. The van der Waals surface area contributed by atoms with E-state index >= 15 is 0 Å². The molecule has 1 aromatic carbocycles. The molecule has 0 amide bonds. The molecule has 0 aromatic heterocycles. The van der Waals surface area contributed by atoms with Crippen molar-refractivity contribution in [1.29, 1.82) is 0 Å². The van der Waals surface area contributed by atoms with Crippen LogP contribution in [-0.4, -0.2) is 38.0 Å². The molecule has 1 fully saturated rings. The average molecular weight is 355 g/mol. The van der Waals surface area contributed by atoms with Gasteiger partial charge in [-0.05, 0) is 36.5 Å². The van der Waals surface area contributed by atoms with Crippen LogP contribution in [0.5, 0.6) is 0 Å². The van der Waals surface area contributed by atoms with Crippen LogP contribution in [0.2, 0.25) is 0 Å². The first-order valence-electron chi connectivity index (χ1n) is 8.27. The Balaban J connectivity index is 1.76. The number of hydrogen-bond donors (Lipinski definition) is 2. The van der Waals surface area contributed by atoms with Crippen LogP contribution in [0.1, 0.15) is 48.5 Å². The van der Waals surface area contributed by atoms with Crippen LogP contribution in [-0.2, 0) is 21.3 Å². The minimum atomic E-state index is -3.40. The molecular formula is C17H25NO5S. The maximum Gasteiger partial charge on any atom is 0.335 e. The van der Waals surface area contributed by atoms with Gasteiger partial charge < -0.3 is 9.84 Å². The van der Waals surface area contributed by atoms with Crippen LogP contribution in [0.25, 0.3) is 0 Å². The summed E-state index contributed by atoms with van der Waals surface area (Å²) in [5, 5.41) is 8.84. The fourth-order valence-corrected chi connectivity index (χ4v) is 4.15. The number of aromatic carboxylic acids is 1. The van der Waals surface area contributed by atoms with Crippen molar-refractivity contribution in [3.63, 3.8) is 0 Å². The Hall–Kier alpha value is -1.44. The minimum Gasteiger partial charge on any atom is -0.478 e. The molecule has 0 heterocycles. The number of hydrogen-bond acceptors (Lipinski definition) is 4. The van der Waals surface area contributed by atoms with Crippen molar-refractivity contribution in [3.05, 3.63) is 35.4 Å². The molecule has 2 N–H and O–H groups in total. The van der Waals surface area contributed by atoms with Crippen LogP contribution >= 0.6 is 0 Å². The molecule has 1 saturated carbocycles. The first kappa shape index (κ1) is 18.9. The average Bonchev–Trinajstić information content (AvgIpc) is 3.04. The summed E-state index contributed by atoms with van der Waals surface area (Å²) in [5.74, 6) is -1.05. The van der Waals surface area contributed by atoms with Crippen molar-refractivity contribution in [1.82, 2.24) is 4.72 Å². The molecule has 2 rings (SSSR count). The molecule has 24 heavy (non-hydrogen) atoms. The Morgan fingerprint density at radius 3 is 2.50 bits per heavy atom. The molecule has 1 aliphatic rings. The fourth-order valence-electron chi connectivity index (χ4n) is 2.80. The highest BCUT2D eigenvalue weighted by atomic mass is 32.2. The normalized spacial score (nSPS) is 17.0. The summed E-state index contributed by atoms with van der Waals surface area (Å²) in [6.07, 6.45) is 4.82. The summed E-state index contributed by atoms with van der Waals surface area (Å²) in [6, 6.07) is 6.14. The predicted octanol–water partition coefficient (Wildman–Crippen LogP) is 2.40. The zero-order valence-electron chi connectivity index (χ0n) is 13.9. The van der Waals surface area contributed by atoms with Crippen molar-refractivity contribution >= 4 is 16.0 Å². The fraction of sp³-hybridized carbons (Fsp3) is 0.588. The van der Waals surface area contributed by atoms with Gasteiger partial charge >= 0.3 is 5.97 Å². The Morgan fingerprint density at radius 1 is 1.29 bits per heavy atom. The third-order valence-corrected chi connectivity index (χ3v) is 5.71. The second kappa shape index (κ2) is 8.60. The van der Waals surface area contributed by atoms with E-state index in [1.807, 2.05) is 6.92 Å². The van der Waals surface area contributed by atoms with E-state index in [0.29, 0.717) is 6.61 Å². The van der Waals surface area contributed by atoms with Crippen molar-refractivity contribution in [2.75, 3.05) is 12.4 Å². The van der Waals surface area contributed by atoms with Crippen molar-refractivity contribution < 1.29 is 23.1 Å². The smallest absolute Gasteiger partial charge is 0.335 e. The monoisotopic (exact) mass is 355 g/mol. The quantitative estimate of drug-likeness (QED) is 0.709. The lowest BCUT2D eigenvalue weighted by atomic mass is 10.1. The molecule has 1 aromatic rings. The zero-order valence-corrected chi connectivity index (χ0v) is 14.7. The van der Waals surface area contributed by atoms with Gasteiger partial charge in [0.05, 0.1) is 24.0 Å². The Kier molecular flexibility index (Phi) is 6.77. The molecule has 0 bridgehead atoms. The highest BCUT2D eigenvalue weighted by Gasteiger charge is 2.19. The van der Waals surface area contributed by atoms with Gasteiger partial charge in [-0.25, -0.2) is 17.9 Å². The Bertz CT molecular complexity index is 635. The number of sulfonamides is 1. The zero-order chi connectivity index (χ0) is 17.6. The molecule has 134 valence electrons. The third-order valence-electron chi connectivity index (χ3n) is 4.12. The lowest BCUT2D eigenvalue weighted by Gasteiger charge is -2.16. The number of carboxylic acid groups (broad SMARTS) is 1. The molecule has 1 unspecified atom stereocenters. The van der Waals surface area contributed by atoms with E-state index in [1.165, 1.54) is 25.0 Å². The number of benzene rings is 1. The van der Waals surface area contributed by atoms with E-state index in [9.17, 15) is 13.2 Å². The van der Waals surface area contributed by atoms with E-state index in [1.54, 1.807) is 12.1 Å². The lowest BCUT2D eigenvalue weighted by Crippen LogP contribution is -2.30. The van der Waals surface area contributed by atoms with Gasteiger partial charge in [-0.1, -0.05) is 31.9 Å². The summed E-state index contributed by atoms with van der Waals surface area (Å²) < 4.78 is 32.6. The van der Waals surface area contributed by atoms with E-state index < -0.39 is 16.0 Å². The van der Waals surface area contributed by atoms with Gasteiger partial charge in [0.1, 0.15) is 0 Å².